The number of fused-ring (bicyclic) bond motifs is 1. The second-order valence-corrected chi connectivity index (χ2v) is 4.09. The third kappa shape index (κ3) is 2.14. The molecule has 0 saturated heterocycles. The Bertz CT molecular complexity index is 557. The summed E-state index contributed by atoms with van der Waals surface area (Å²) in [4.78, 5) is 14.1. The van der Waals surface area contributed by atoms with Gasteiger partial charge in [0.25, 0.3) is 0 Å². The molecule has 1 aromatic carbocycles. The average molecular weight is 216 g/mol. The molecule has 0 spiro atoms. The summed E-state index contributed by atoms with van der Waals surface area (Å²) in [6.07, 6.45) is 1.99. The normalized spacial score (nSPS) is 10.9. The molecule has 1 heterocycles. The van der Waals surface area contributed by atoms with Gasteiger partial charge in [-0.2, -0.15) is 0 Å². The fraction of sp³-hybridized carbons (Fsp3) is 0.308. The van der Waals surface area contributed by atoms with Crippen LogP contribution in [0.1, 0.15) is 17.5 Å². The van der Waals surface area contributed by atoms with Crippen LogP contribution in [0.25, 0.3) is 10.9 Å². The van der Waals surface area contributed by atoms with Gasteiger partial charge in [-0.05, 0) is 49.6 Å². The molecule has 0 saturated carbocycles. The van der Waals surface area contributed by atoms with Crippen molar-refractivity contribution >= 4 is 10.9 Å². The van der Waals surface area contributed by atoms with E-state index >= 15 is 0 Å². The summed E-state index contributed by atoms with van der Waals surface area (Å²) in [5, 5.41) is 1.12. The fourth-order valence-corrected chi connectivity index (χ4v) is 1.93. The predicted molar refractivity (Wildman–Crippen MR) is 66.7 cm³/mol. The number of aromatic amines is 1. The Labute approximate surface area is 94.3 Å². The Kier molecular flexibility index (Phi) is 3.06. The summed E-state index contributed by atoms with van der Waals surface area (Å²) >= 11 is 0. The molecule has 84 valence electrons. The number of H-pyrrole nitrogens is 1. The first kappa shape index (κ1) is 10.9. The molecule has 0 amide bonds. The molecule has 0 aliphatic heterocycles. The summed E-state index contributed by atoms with van der Waals surface area (Å²) in [5.41, 5.74) is 8.65. The molecule has 1 aromatic heterocycles. The van der Waals surface area contributed by atoms with Gasteiger partial charge in [-0.25, -0.2) is 0 Å². The van der Waals surface area contributed by atoms with E-state index in [1.807, 2.05) is 19.1 Å². The van der Waals surface area contributed by atoms with Gasteiger partial charge in [0.15, 0.2) is 0 Å². The lowest BCUT2D eigenvalue weighted by atomic mass is 10.0. The number of hydrogen-bond donors (Lipinski definition) is 2. The first-order valence-corrected chi connectivity index (χ1v) is 5.53. The molecule has 2 aromatic rings. The van der Waals surface area contributed by atoms with Crippen molar-refractivity contribution < 1.29 is 0 Å². The first-order chi connectivity index (χ1) is 7.70. The number of rotatable bonds is 3. The van der Waals surface area contributed by atoms with Gasteiger partial charge in [-0.3, -0.25) is 4.79 Å². The smallest absolute Gasteiger partial charge is 0.248 e. The highest BCUT2D eigenvalue weighted by atomic mass is 16.1. The Morgan fingerprint density at radius 2 is 2.12 bits per heavy atom. The van der Waals surface area contributed by atoms with E-state index in [9.17, 15) is 4.79 Å². The van der Waals surface area contributed by atoms with E-state index in [-0.39, 0.29) is 5.56 Å². The van der Waals surface area contributed by atoms with Gasteiger partial charge in [0.2, 0.25) is 5.56 Å². The van der Waals surface area contributed by atoms with Crippen molar-refractivity contribution in [2.45, 2.75) is 19.8 Å². The Morgan fingerprint density at radius 3 is 2.88 bits per heavy atom. The molecule has 0 radical (unpaired) electrons. The highest BCUT2D eigenvalue weighted by molar-refractivity contribution is 5.82. The lowest BCUT2D eigenvalue weighted by Gasteiger charge is -2.05. The maximum absolute atomic E-state index is 11.3. The minimum Gasteiger partial charge on any atom is -0.330 e. The van der Waals surface area contributed by atoms with Crippen LogP contribution in [0, 0.1) is 6.92 Å². The monoisotopic (exact) mass is 216 g/mol. The second kappa shape index (κ2) is 4.49. The van der Waals surface area contributed by atoms with E-state index in [1.54, 1.807) is 6.07 Å². The van der Waals surface area contributed by atoms with Gasteiger partial charge in [0.1, 0.15) is 0 Å². The van der Waals surface area contributed by atoms with E-state index in [0.717, 1.165) is 29.3 Å². The van der Waals surface area contributed by atoms with Crippen LogP contribution >= 0.6 is 0 Å². The van der Waals surface area contributed by atoms with E-state index < -0.39 is 0 Å². The predicted octanol–water partition coefficient (Wildman–Crippen LogP) is 1.73. The first-order valence-electron chi connectivity index (χ1n) is 5.53. The summed E-state index contributed by atoms with van der Waals surface area (Å²) in [5.74, 6) is 0. The van der Waals surface area contributed by atoms with Crippen molar-refractivity contribution in [2.24, 2.45) is 5.73 Å². The van der Waals surface area contributed by atoms with Gasteiger partial charge in [-0.1, -0.05) is 6.07 Å². The van der Waals surface area contributed by atoms with Gasteiger partial charge < -0.3 is 10.7 Å². The maximum atomic E-state index is 11.3. The zero-order valence-electron chi connectivity index (χ0n) is 9.42. The lowest BCUT2D eigenvalue weighted by molar-refractivity contribution is 0.833. The van der Waals surface area contributed by atoms with Crippen LogP contribution in [-0.2, 0) is 6.42 Å². The molecule has 0 atom stereocenters. The summed E-state index contributed by atoms with van der Waals surface area (Å²) in [6.45, 7) is 2.67. The van der Waals surface area contributed by atoms with Crippen LogP contribution in [0.4, 0.5) is 0 Å². The molecule has 0 bridgehead atoms. The Hall–Kier alpha value is -1.61. The number of hydrogen-bond acceptors (Lipinski definition) is 2. The van der Waals surface area contributed by atoms with E-state index in [1.165, 1.54) is 5.56 Å². The molecule has 2 rings (SSSR count). The van der Waals surface area contributed by atoms with Crippen molar-refractivity contribution in [2.75, 3.05) is 6.54 Å². The largest absolute Gasteiger partial charge is 0.330 e. The number of aryl methyl sites for hydroxylation is 2. The number of aromatic nitrogens is 1. The van der Waals surface area contributed by atoms with Crippen molar-refractivity contribution in [3.63, 3.8) is 0 Å². The van der Waals surface area contributed by atoms with Crippen molar-refractivity contribution in [1.82, 2.24) is 4.98 Å². The van der Waals surface area contributed by atoms with Gasteiger partial charge in [-0.15, -0.1) is 0 Å². The van der Waals surface area contributed by atoms with Gasteiger partial charge >= 0.3 is 0 Å². The molecule has 0 aliphatic rings. The third-order valence-electron chi connectivity index (χ3n) is 2.78. The minimum absolute atomic E-state index is 0.0419. The molecule has 0 unspecified atom stereocenters. The van der Waals surface area contributed by atoms with Crippen LogP contribution in [0.5, 0.6) is 0 Å². The molecule has 0 aliphatic carbocycles. The van der Waals surface area contributed by atoms with Crippen molar-refractivity contribution in [3.8, 4) is 0 Å². The number of benzene rings is 1. The number of nitrogens with two attached hydrogens (primary N) is 1. The SMILES string of the molecule is Cc1cc(=O)[nH]c2ccc(CCCN)cc12. The highest BCUT2D eigenvalue weighted by Gasteiger charge is 2.01. The third-order valence-corrected chi connectivity index (χ3v) is 2.78. The van der Waals surface area contributed by atoms with E-state index in [0.29, 0.717) is 6.54 Å². The minimum atomic E-state index is -0.0419. The maximum Gasteiger partial charge on any atom is 0.248 e. The molecule has 16 heavy (non-hydrogen) atoms. The zero-order valence-corrected chi connectivity index (χ0v) is 9.42. The Balaban J connectivity index is 2.49. The topological polar surface area (TPSA) is 58.9 Å². The standard InChI is InChI=1S/C13H16N2O/c1-9-7-13(16)15-12-5-4-10(3-2-6-14)8-11(9)12/h4-5,7-8H,2-3,6,14H2,1H3,(H,15,16). The molecular formula is C13H16N2O. The van der Waals surface area contributed by atoms with Crippen molar-refractivity contribution in [3.05, 3.63) is 45.7 Å². The molecule has 3 nitrogen and oxygen atoms in total. The zero-order chi connectivity index (χ0) is 11.5. The van der Waals surface area contributed by atoms with E-state index in [2.05, 4.69) is 11.1 Å². The molecule has 0 fully saturated rings. The second-order valence-electron chi connectivity index (χ2n) is 4.09. The summed E-state index contributed by atoms with van der Waals surface area (Å²) in [7, 11) is 0. The molecular weight excluding hydrogens is 200 g/mol. The molecule has 3 heteroatoms. The van der Waals surface area contributed by atoms with Crippen LogP contribution < -0.4 is 11.3 Å². The van der Waals surface area contributed by atoms with Gasteiger partial charge in [0, 0.05) is 17.0 Å². The van der Waals surface area contributed by atoms with Crippen LogP contribution in [0.3, 0.4) is 0 Å². The summed E-state index contributed by atoms with van der Waals surface area (Å²) < 4.78 is 0. The van der Waals surface area contributed by atoms with Crippen LogP contribution in [-0.4, -0.2) is 11.5 Å². The number of pyridine rings is 1. The quantitative estimate of drug-likeness (QED) is 0.820. The Morgan fingerprint density at radius 1 is 1.31 bits per heavy atom. The fourth-order valence-electron chi connectivity index (χ4n) is 1.93. The summed E-state index contributed by atoms with van der Waals surface area (Å²) in [6, 6.07) is 7.79. The van der Waals surface area contributed by atoms with Crippen LogP contribution in [0.2, 0.25) is 0 Å². The van der Waals surface area contributed by atoms with Crippen molar-refractivity contribution in [1.29, 1.82) is 0 Å². The number of nitrogens with one attached hydrogen (secondary N) is 1. The van der Waals surface area contributed by atoms with Gasteiger partial charge in [0.05, 0.1) is 0 Å². The molecule has 3 N–H and O–H groups in total. The highest BCUT2D eigenvalue weighted by Crippen LogP contribution is 2.17. The van der Waals surface area contributed by atoms with E-state index in [4.69, 9.17) is 5.73 Å². The average Bonchev–Trinajstić information content (AvgIpc) is 2.26. The van der Waals surface area contributed by atoms with Crippen LogP contribution in [0.15, 0.2) is 29.1 Å². The lowest BCUT2D eigenvalue weighted by Crippen LogP contribution is -2.05.